The van der Waals surface area contributed by atoms with E-state index in [-0.39, 0.29) is 11.4 Å². The van der Waals surface area contributed by atoms with Crippen molar-refractivity contribution in [1.82, 2.24) is 5.32 Å². The van der Waals surface area contributed by atoms with Gasteiger partial charge in [0, 0.05) is 22.3 Å². The Hall–Kier alpha value is -2.39. The van der Waals surface area contributed by atoms with Crippen molar-refractivity contribution in [2.75, 3.05) is 29.8 Å². The number of halogens is 2. The SMILES string of the molecule is CCOc1ccc(N(CC(=O)NCCCSCc2ccccc2Cl)S(=O)(=O)c2ccc(Cl)cc2)cc1. The Morgan fingerprint density at radius 1 is 1.00 bits per heavy atom. The lowest BCUT2D eigenvalue weighted by Gasteiger charge is -2.24. The standard InChI is InChI=1S/C26H28Cl2N2O4S2/c1-2-34-23-12-10-22(11-13-23)30(36(32,33)24-14-8-21(27)9-15-24)18-26(31)29-16-5-17-35-19-20-6-3-4-7-25(20)28/h3-4,6-15H,2,5,16-19H2,1H3,(H,29,31). The lowest BCUT2D eigenvalue weighted by atomic mass is 10.2. The van der Waals surface area contributed by atoms with Gasteiger partial charge in [-0.05, 0) is 79.3 Å². The molecule has 0 radical (unpaired) electrons. The minimum atomic E-state index is -4.01. The van der Waals surface area contributed by atoms with Crippen molar-refractivity contribution in [1.29, 1.82) is 0 Å². The highest BCUT2D eigenvalue weighted by Crippen LogP contribution is 2.27. The van der Waals surface area contributed by atoms with Crippen LogP contribution in [0.1, 0.15) is 18.9 Å². The Labute approximate surface area is 227 Å². The predicted octanol–water partition coefficient (Wildman–Crippen LogP) is 6.03. The number of carbonyl (C=O) groups excluding carboxylic acids is 1. The number of amides is 1. The molecule has 3 rings (SSSR count). The third-order valence-electron chi connectivity index (χ3n) is 5.13. The molecule has 0 aliphatic rings. The van der Waals surface area contributed by atoms with Crippen LogP contribution in [0.2, 0.25) is 10.0 Å². The summed E-state index contributed by atoms with van der Waals surface area (Å²) in [5.74, 6) is 1.84. The number of hydrogen-bond acceptors (Lipinski definition) is 5. The zero-order valence-electron chi connectivity index (χ0n) is 19.8. The topological polar surface area (TPSA) is 75.7 Å². The van der Waals surface area contributed by atoms with Gasteiger partial charge in [-0.3, -0.25) is 9.10 Å². The Kier molecular flexibility index (Phi) is 10.8. The van der Waals surface area contributed by atoms with E-state index in [1.807, 2.05) is 31.2 Å². The molecule has 0 aliphatic heterocycles. The van der Waals surface area contributed by atoms with Gasteiger partial charge in [0.05, 0.1) is 17.2 Å². The van der Waals surface area contributed by atoms with E-state index in [2.05, 4.69) is 5.32 Å². The molecule has 192 valence electrons. The Morgan fingerprint density at radius 3 is 2.36 bits per heavy atom. The molecule has 0 fully saturated rings. The van der Waals surface area contributed by atoms with Crippen LogP contribution in [0.3, 0.4) is 0 Å². The van der Waals surface area contributed by atoms with Crippen LogP contribution in [-0.4, -0.2) is 39.8 Å². The van der Waals surface area contributed by atoms with Gasteiger partial charge in [0.1, 0.15) is 12.3 Å². The summed E-state index contributed by atoms with van der Waals surface area (Å²) in [6, 6.07) is 20.2. The molecule has 1 amide bonds. The van der Waals surface area contributed by atoms with Gasteiger partial charge in [0.25, 0.3) is 10.0 Å². The summed E-state index contributed by atoms with van der Waals surface area (Å²) in [4.78, 5) is 12.8. The molecule has 0 unspecified atom stereocenters. The van der Waals surface area contributed by atoms with Crippen LogP contribution in [0.15, 0.2) is 77.7 Å². The molecule has 0 heterocycles. The Bertz CT molecular complexity index is 1240. The van der Waals surface area contributed by atoms with Gasteiger partial charge in [-0.15, -0.1) is 0 Å². The van der Waals surface area contributed by atoms with E-state index in [1.54, 1.807) is 36.0 Å². The quantitative estimate of drug-likeness (QED) is 0.256. The molecule has 0 atom stereocenters. The number of sulfonamides is 1. The van der Waals surface area contributed by atoms with Crippen LogP contribution in [0.4, 0.5) is 5.69 Å². The summed E-state index contributed by atoms with van der Waals surface area (Å²) in [5.41, 5.74) is 1.44. The summed E-state index contributed by atoms with van der Waals surface area (Å²) in [7, 11) is -4.01. The lowest BCUT2D eigenvalue weighted by Crippen LogP contribution is -2.41. The van der Waals surface area contributed by atoms with E-state index in [9.17, 15) is 13.2 Å². The molecule has 0 aromatic heterocycles. The fourth-order valence-corrected chi connectivity index (χ4v) is 6.10. The monoisotopic (exact) mass is 566 g/mol. The van der Waals surface area contributed by atoms with Crippen molar-refractivity contribution in [3.63, 3.8) is 0 Å². The number of thioether (sulfide) groups is 1. The Morgan fingerprint density at radius 2 is 1.69 bits per heavy atom. The van der Waals surface area contributed by atoms with Gasteiger partial charge >= 0.3 is 0 Å². The first-order valence-corrected chi connectivity index (χ1v) is 14.8. The minimum Gasteiger partial charge on any atom is -0.494 e. The van der Waals surface area contributed by atoms with Gasteiger partial charge in [0.15, 0.2) is 0 Å². The van der Waals surface area contributed by atoms with Crippen LogP contribution in [0.25, 0.3) is 0 Å². The second kappa shape index (κ2) is 13.8. The fraction of sp³-hybridized carbons (Fsp3) is 0.269. The smallest absolute Gasteiger partial charge is 0.264 e. The molecule has 0 spiro atoms. The molecule has 1 N–H and O–H groups in total. The number of hydrogen-bond donors (Lipinski definition) is 1. The number of benzene rings is 3. The maximum Gasteiger partial charge on any atom is 0.264 e. The highest BCUT2D eigenvalue weighted by molar-refractivity contribution is 7.98. The van der Waals surface area contributed by atoms with Crippen molar-refractivity contribution in [2.24, 2.45) is 0 Å². The number of nitrogens with one attached hydrogen (secondary N) is 1. The molecule has 36 heavy (non-hydrogen) atoms. The highest BCUT2D eigenvalue weighted by Gasteiger charge is 2.27. The molecule has 3 aromatic rings. The van der Waals surface area contributed by atoms with E-state index < -0.39 is 15.9 Å². The third-order valence-corrected chi connectivity index (χ3v) is 8.63. The second-order valence-electron chi connectivity index (χ2n) is 7.74. The van der Waals surface area contributed by atoms with E-state index in [4.69, 9.17) is 27.9 Å². The normalized spacial score (nSPS) is 11.2. The van der Waals surface area contributed by atoms with Gasteiger partial charge < -0.3 is 10.1 Å². The predicted molar refractivity (Wildman–Crippen MR) is 149 cm³/mol. The van der Waals surface area contributed by atoms with Crippen molar-refractivity contribution in [3.8, 4) is 5.75 Å². The summed E-state index contributed by atoms with van der Waals surface area (Å²) >= 11 is 13.8. The zero-order valence-corrected chi connectivity index (χ0v) is 23.0. The van der Waals surface area contributed by atoms with E-state index in [0.29, 0.717) is 29.6 Å². The molecule has 10 heteroatoms. The van der Waals surface area contributed by atoms with Gasteiger partial charge in [0.2, 0.25) is 5.91 Å². The number of anilines is 1. The first kappa shape index (κ1) is 28.2. The summed E-state index contributed by atoms with van der Waals surface area (Å²) in [6.07, 6.45) is 0.744. The molecule has 0 bridgehead atoms. The van der Waals surface area contributed by atoms with Crippen LogP contribution < -0.4 is 14.4 Å². The maximum absolute atomic E-state index is 13.4. The average Bonchev–Trinajstić information content (AvgIpc) is 2.86. The molecule has 0 saturated carbocycles. The van der Waals surface area contributed by atoms with Gasteiger partial charge in [-0.1, -0.05) is 41.4 Å². The van der Waals surface area contributed by atoms with Crippen molar-refractivity contribution < 1.29 is 17.9 Å². The first-order valence-electron chi connectivity index (χ1n) is 11.4. The number of nitrogens with zero attached hydrogens (tertiary/aromatic N) is 1. The fourth-order valence-electron chi connectivity index (χ4n) is 3.31. The zero-order chi connectivity index (χ0) is 26.0. The maximum atomic E-state index is 13.4. The van der Waals surface area contributed by atoms with Crippen molar-refractivity contribution in [3.05, 3.63) is 88.4 Å². The first-order chi connectivity index (χ1) is 17.3. The molecule has 6 nitrogen and oxygen atoms in total. The highest BCUT2D eigenvalue weighted by atomic mass is 35.5. The summed E-state index contributed by atoms with van der Waals surface area (Å²) < 4.78 is 33.4. The largest absolute Gasteiger partial charge is 0.494 e. The van der Waals surface area contributed by atoms with Crippen LogP contribution in [0, 0.1) is 0 Å². The van der Waals surface area contributed by atoms with Gasteiger partial charge in [-0.25, -0.2) is 8.42 Å². The second-order valence-corrected chi connectivity index (χ2v) is 11.6. The van der Waals surface area contributed by atoms with Crippen molar-refractivity contribution in [2.45, 2.75) is 24.0 Å². The van der Waals surface area contributed by atoms with E-state index in [0.717, 1.165) is 32.8 Å². The Balaban J connectivity index is 1.61. The molecule has 0 saturated heterocycles. The lowest BCUT2D eigenvalue weighted by molar-refractivity contribution is -0.119. The van der Waals surface area contributed by atoms with Crippen LogP contribution in [0.5, 0.6) is 5.75 Å². The molecular weight excluding hydrogens is 539 g/mol. The number of carbonyl (C=O) groups is 1. The van der Waals surface area contributed by atoms with Crippen molar-refractivity contribution >= 4 is 56.6 Å². The summed E-state index contributed by atoms with van der Waals surface area (Å²) in [5, 5.41) is 3.99. The summed E-state index contributed by atoms with van der Waals surface area (Å²) in [6.45, 7) is 2.44. The van der Waals surface area contributed by atoms with Crippen LogP contribution in [-0.2, 0) is 20.6 Å². The van der Waals surface area contributed by atoms with E-state index in [1.165, 1.54) is 24.3 Å². The van der Waals surface area contributed by atoms with Gasteiger partial charge in [-0.2, -0.15) is 11.8 Å². The molecular formula is C26H28Cl2N2O4S2. The number of rotatable bonds is 13. The molecule has 3 aromatic carbocycles. The number of ether oxygens (including phenoxy) is 1. The average molecular weight is 568 g/mol. The van der Waals surface area contributed by atoms with E-state index >= 15 is 0 Å². The third kappa shape index (κ3) is 8.06. The molecule has 0 aliphatic carbocycles. The van der Waals surface area contributed by atoms with Crippen LogP contribution >= 0.6 is 35.0 Å². The minimum absolute atomic E-state index is 0.0459.